The number of amidine groups is 2. The predicted octanol–water partition coefficient (Wildman–Crippen LogP) is 0.378. The van der Waals surface area contributed by atoms with E-state index in [1.54, 1.807) is 13.8 Å². The highest BCUT2D eigenvalue weighted by Gasteiger charge is 2.39. The quantitative estimate of drug-likeness (QED) is 0.589. The standard InChI is InChI=1S/C14H26N8.ClH/c1-5-7-17-11-9-10(20-13(3,15)21-11)12(18-8-6-2)22-14(4,16)19-9;/h5-8,15-16H2,1-4H3,(H,17,21)(H,18,22);1H. The van der Waals surface area contributed by atoms with Crippen molar-refractivity contribution < 1.29 is 0 Å². The van der Waals surface area contributed by atoms with Crippen molar-refractivity contribution in [3.8, 4) is 0 Å². The summed E-state index contributed by atoms with van der Waals surface area (Å²) in [6, 6.07) is 0. The van der Waals surface area contributed by atoms with Crippen molar-refractivity contribution in [1.82, 2.24) is 10.6 Å². The van der Waals surface area contributed by atoms with Gasteiger partial charge in [0.15, 0.2) is 23.2 Å². The van der Waals surface area contributed by atoms with Gasteiger partial charge >= 0.3 is 0 Å². The van der Waals surface area contributed by atoms with Crippen LogP contribution in [0.15, 0.2) is 20.0 Å². The summed E-state index contributed by atoms with van der Waals surface area (Å²) in [6.45, 7) is 9.06. The van der Waals surface area contributed by atoms with E-state index >= 15 is 0 Å². The molecule has 0 aromatic rings. The smallest absolute Gasteiger partial charge is 0.181 e. The molecule has 8 nitrogen and oxygen atoms in total. The van der Waals surface area contributed by atoms with Crippen molar-refractivity contribution in [3.05, 3.63) is 0 Å². The number of nitrogens with one attached hydrogen (secondary N) is 2. The van der Waals surface area contributed by atoms with Crippen LogP contribution in [0.1, 0.15) is 40.5 Å². The Kier molecular flexibility index (Phi) is 6.26. The third-order valence-electron chi connectivity index (χ3n) is 3.09. The first kappa shape index (κ1) is 19.5. The number of hydrogen-bond donors (Lipinski definition) is 4. The Labute approximate surface area is 143 Å². The second kappa shape index (κ2) is 7.37. The van der Waals surface area contributed by atoms with E-state index in [1.807, 2.05) is 0 Å². The maximum Gasteiger partial charge on any atom is 0.181 e. The zero-order valence-corrected chi connectivity index (χ0v) is 15.0. The summed E-state index contributed by atoms with van der Waals surface area (Å²) >= 11 is 0. The molecule has 2 unspecified atom stereocenters. The molecular weight excluding hydrogens is 316 g/mol. The average Bonchev–Trinajstić information content (AvgIpc) is 2.42. The van der Waals surface area contributed by atoms with Crippen molar-refractivity contribution in [1.29, 1.82) is 0 Å². The van der Waals surface area contributed by atoms with Crippen molar-refractivity contribution >= 4 is 35.5 Å². The van der Waals surface area contributed by atoms with Crippen LogP contribution in [0.25, 0.3) is 0 Å². The first-order valence-corrected chi connectivity index (χ1v) is 7.72. The van der Waals surface area contributed by atoms with E-state index in [2.05, 4.69) is 44.5 Å². The Hall–Kier alpha value is -1.51. The summed E-state index contributed by atoms with van der Waals surface area (Å²) in [7, 11) is 0. The van der Waals surface area contributed by atoms with Crippen molar-refractivity contribution in [2.24, 2.45) is 31.4 Å². The molecule has 0 spiro atoms. The maximum absolute atomic E-state index is 6.16. The summed E-state index contributed by atoms with van der Waals surface area (Å²) in [6.07, 6.45) is 1.86. The zero-order valence-electron chi connectivity index (χ0n) is 14.2. The van der Waals surface area contributed by atoms with Gasteiger partial charge in [-0.15, -0.1) is 12.4 Å². The Morgan fingerprint density at radius 1 is 0.870 bits per heavy atom. The summed E-state index contributed by atoms with van der Waals surface area (Å²) in [5, 5.41) is 6.22. The minimum Gasteiger partial charge on any atom is -0.333 e. The minimum absolute atomic E-state index is 0. The number of aliphatic imine (C=N–C) groups is 4. The lowest BCUT2D eigenvalue weighted by atomic mass is 10.1. The van der Waals surface area contributed by atoms with Gasteiger partial charge in [0.1, 0.15) is 11.4 Å². The number of fused-ring (bicyclic) bond motifs is 1. The fourth-order valence-electron chi connectivity index (χ4n) is 2.23. The Bertz CT molecular complexity index is 509. The molecule has 23 heavy (non-hydrogen) atoms. The summed E-state index contributed by atoms with van der Waals surface area (Å²) < 4.78 is 0. The van der Waals surface area contributed by atoms with Crippen LogP contribution in [-0.2, 0) is 0 Å². The average molecular weight is 343 g/mol. The van der Waals surface area contributed by atoms with Gasteiger partial charge in [0.2, 0.25) is 0 Å². The number of nitrogens with two attached hydrogens (primary N) is 2. The molecule has 130 valence electrons. The van der Waals surface area contributed by atoms with Gasteiger partial charge in [-0.25, -0.2) is 9.98 Å². The molecule has 9 heteroatoms. The van der Waals surface area contributed by atoms with Gasteiger partial charge in [-0.05, 0) is 26.7 Å². The molecule has 0 bridgehead atoms. The molecule has 0 saturated carbocycles. The maximum atomic E-state index is 6.16. The molecule has 2 heterocycles. The van der Waals surface area contributed by atoms with E-state index in [9.17, 15) is 0 Å². The van der Waals surface area contributed by atoms with E-state index in [1.165, 1.54) is 0 Å². The minimum atomic E-state index is -0.946. The molecule has 2 atom stereocenters. The molecule has 0 radical (unpaired) electrons. The lowest BCUT2D eigenvalue weighted by molar-refractivity contribution is 0.441. The number of hydrogen-bond acceptors (Lipinski definition) is 6. The molecule has 2 aliphatic rings. The SMILES string of the molecule is CCCN=C1NC(C)(N)N=C2C(=NCCC)NC(C)(N)N=C12.Cl. The van der Waals surface area contributed by atoms with Gasteiger partial charge in [-0.2, -0.15) is 0 Å². The number of halogens is 1. The first-order valence-electron chi connectivity index (χ1n) is 7.72. The number of rotatable bonds is 4. The van der Waals surface area contributed by atoms with Gasteiger partial charge < -0.3 is 10.6 Å². The largest absolute Gasteiger partial charge is 0.333 e. The van der Waals surface area contributed by atoms with Crippen LogP contribution in [0, 0.1) is 0 Å². The first-order chi connectivity index (χ1) is 10.3. The highest BCUT2D eigenvalue weighted by molar-refractivity contribution is 6.83. The van der Waals surface area contributed by atoms with Crippen LogP contribution in [0.4, 0.5) is 0 Å². The molecule has 0 aromatic carbocycles. The third-order valence-corrected chi connectivity index (χ3v) is 3.09. The van der Waals surface area contributed by atoms with E-state index in [0.29, 0.717) is 36.2 Å². The second-order valence-electron chi connectivity index (χ2n) is 5.93. The predicted molar refractivity (Wildman–Crippen MR) is 98.8 cm³/mol. The fraction of sp³-hybridized carbons (Fsp3) is 0.714. The summed E-state index contributed by atoms with van der Waals surface area (Å²) in [4.78, 5) is 18.1. The molecular formula is C14H27ClN8. The van der Waals surface area contributed by atoms with Crippen LogP contribution >= 0.6 is 12.4 Å². The lowest BCUT2D eigenvalue weighted by Crippen LogP contribution is -2.67. The second-order valence-corrected chi connectivity index (χ2v) is 5.93. The molecule has 0 saturated heterocycles. The van der Waals surface area contributed by atoms with Gasteiger partial charge in [-0.1, -0.05) is 13.8 Å². The Morgan fingerprint density at radius 2 is 1.22 bits per heavy atom. The van der Waals surface area contributed by atoms with Crippen LogP contribution in [0.5, 0.6) is 0 Å². The molecule has 6 N–H and O–H groups in total. The molecule has 0 fully saturated rings. The van der Waals surface area contributed by atoms with Crippen LogP contribution in [0.3, 0.4) is 0 Å². The van der Waals surface area contributed by atoms with Crippen molar-refractivity contribution in [2.45, 2.75) is 52.1 Å². The van der Waals surface area contributed by atoms with E-state index in [4.69, 9.17) is 11.5 Å². The van der Waals surface area contributed by atoms with Crippen molar-refractivity contribution in [2.75, 3.05) is 13.1 Å². The van der Waals surface area contributed by atoms with Crippen LogP contribution in [0.2, 0.25) is 0 Å². The molecule has 0 aromatic heterocycles. The van der Waals surface area contributed by atoms with Crippen LogP contribution in [-0.4, -0.2) is 47.8 Å². The Balaban J connectivity index is 0.00000264. The zero-order chi connectivity index (χ0) is 16.4. The van der Waals surface area contributed by atoms with Gasteiger partial charge in [-0.3, -0.25) is 21.5 Å². The van der Waals surface area contributed by atoms with E-state index < -0.39 is 11.6 Å². The molecule has 0 aliphatic carbocycles. The fourth-order valence-corrected chi connectivity index (χ4v) is 2.23. The lowest BCUT2D eigenvalue weighted by Gasteiger charge is -2.37. The summed E-state index contributed by atoms with van der Waals surface area (Å²) in [5.41, 5.74) is 13.6. The van der Waals surface area contributed by atoms with Gasteiger partial charge in [0.25, 0.3) is 0 Å². The monoisotopic (exact) mass is 342 g/mol. The van der Waals surface area contributed by atoms with Crippen LogP contribution < -0.4 is 22.1 Å². The summed E-state index contributed by atoms with van der Waals surface area (Å²) in [5.74, 6) is -0.644. The normalized spacial score (nSPS) is 33.1. The third kappa shape index (κ3) is 4.73. The topological polar surface area (TPSA) is 126 Å². The molecule has 2 rings (SSSR count). The van der Waals surface area contributed by atoms with Gasteiger partial charge in [0.05, 0.1) is 0 Å². The van der Waals surface area contributed by atoms with Crippen molar-refractivity contribution in [3.63, 3.8) is 0 Å². The highest BCUT2D eigenvalue weighted by atomic mass is 35.5. The molecule has 0 amide bonds. The number of nitrogens with zero attached hydrogens (tertiary/aromatic N) is 4. The van der Waals surface area contributed by atoms with E-state index in [0.717, 1.165) is 12.8 Å². The Morgan fingerprint density at radius 3 is 1.52 bits per heavy atom. The van der Waals surface area contributed by atoms with E-state index in [-0.39, 0.29) is 12.4 Å². The van der Waals surface area contributed by atoms with Gasteiger partial charge in [0, 0.05) is 13.1 Å². The molecule has 2 aliphatic heterocycles. The highest BCUT2D eigenvalue weighted by Crippen LogP contribution is 2.15.